The number of alkyl carbamates (subject to hydrolysis) is 1. The van der Waals surface area contributed by atoms with Crippen LogP contribution in [0.4, 0.5) is 4.79 Å². The van der Waals surface area contributed by atoms with Gasteiger partial charge in [-0.1, -0.05) is 13.8 Å². The molecule has 0 aliphatic heterocycles. The van der Waals surface area contributed by atoms with Crippen molar-refractivity contribution >= 4 is 23.4 Å². The predicted octanol–water partition coefficient (Wildman–Crippen LogP) is 3.56. The molecule has 25 heavy (non-hydrogen) atoms. The van der Waals surface area contributed by atoms with Crippen LogP contribution in [-0.2, 0) is 14.2 Å². The number of esters is 1. The minimum atomic E-state index is -0.605. The number of amides is 1. The minimum Gasteiger partial charge on any atom is -0.461 e. The van der Waals surface area contributed by atoms with Crippen LogP contribution >= 0.6 is 11.3 Å². The molecule has 0 saturated carbocycles. The van der Waals surface area contributed by atoms with Crippen molar-refractivity contribution in [2.24, 2.45) is 5.92 Å². The van der Waals surface area contributed by atoms with E-state index in [1.807, 2.05) is 13.8 Å². The highest BCUT2D eigenvalue weighted by Crippen LogP contribution is 2.21. The Morgan fingerprint density at radius 2 is 1.96 bits per heavy atom. The molecule has 0 aromatic carbocycles. The Morgan fingerprint density at radius 1 is 1.28 bits per heavy atom. The topological polar surface area (TPSA) is 86.8 Å². The molecule has 1 amide bonds. The second kappa shape index (κ2) is 9.72. The summed E-state index contributed by atoms with van der Waals surface area (Å²) in [4.78, 5) is 28.1. The first-order chi connectivity index (χ1) is 11.6. The molecule has 1 aromatic rings. The average Bonchev–Trinajstić information content (AvgIpc) is 2.94. The molecular weight excluding hydrogens is 344 g/mol. The van der Waals surface area contributed by atoms with Crippen molar-refractivity contribution in [3.8, 4) is 0 Å². The fraction of sp³-hybridized carbons (Fsp3) is 0.706. The van der Waals surface area contributed by atoms with E-state index in [1.165, 1.54) is 11.3 Å². The zero-order valence-corrected chi connectivity index (χ0v) is 16.6. The smallest absolute Gasteiger partial charge is 0.408 e. The highest BCUT2D eigenvalue weighted by Gasteiger charge is 2.24. The Balaban J connectivity index is 2.83. The normalized spacial score (nSPS) is 12.8. The lowest BCUT2D eigenvalue weighted by Gasteiger charge is -2.23. The van der Waals surface area contributed by atoms with E-state index in [9.17, 15) is 9.59 Å². The van der Waals surface area contributed by atoms with Gasteiger partial charge in [0.25, 0.3) is 0 Å². The van der Waals surface area contributed by atoms with Gasteiger partial charge in [0, 0.05) is 12.0 Å². The third-order valence-corrected chi connectivity index (χ3v) is 3.69. The van der Waals surface area contributed by atoms with Gasteiger partial charge in [-0.05, 0) is 33.6 Å². The van der Waals surface area contributed by atoms with E-state index in [0.717, 1.165) is 0 Å². The van der Waals surface area contributed by atoms with Gasteiger partial charge in [-0.15, -0.1) is 11.3 Å². The first kappa shape index (κ1) is 21.4. The largest absolute Gasteiger partial charge is 0.461 e. The van der Waals surface area contributed by atoms with Crippen molar-refractivity contribution in [2.45, 2.75) is 53.2 Å². The summed E-state index contributed by atoms with van der Waals surface area (Å²) >= 11 is 1.27. The summed E-state index contributed by atoms with van der Waals surface area (Å²) in [6.07, 6.45) is -0.557. The zero-order valence-electron chi connectivity index (χ0n) is 15.8. The third kappa shape index (κ3) is 8.31. The Morgan fingerprint density at radius 3 is 2.52 bits per heavy atom. The Hall–Kier alpha value is -1.67. The maximum atomic E-state index is 12.1. The Bertz CT molecular complexity index is 566. The van der Waals surface area contributed by atoms with Gasteiger partial charge >= 0.3 is 12.1 Å². The number of nitrogens with zero attached hydrogens (tertiary/aromatic N) is 1. The molecule has 8 heteroatoms. The van der Waals surface area contributed by atoms with E-state index in [-0.39, 0.29) is 18.9 Å². The lowest BCUT2D eigenvalue weighted by molar-refractivity contribution is 0.0420. The Kier molecular flexibility index (Phi) is 8.31. The van der Waals surface area contributed by atoms with Crippen molar-refractivity contribution < 1.29 is 23.8 Å². The number of hydrogen-bond acceptors (Lipinski definition) is 7. The zero-order chi connectivity index (χ0) is 19.0. The van der Waals surface area contributed by atoms with Gasteiger partial charge in [-0.2, -0.15) is 0 Å². The number of carbonyl (C=O) groups is 2. The molecule has 7 nitrogen and oxygen atoms in total. The van der Waals surface area contributed by atoms with Crippen LogP contribution in [0.3, 0.4) is 0 Å². The van der Waals surface area contributed by atoms with E-state index in [0.29, 0.717) is 17.5 Å². The van der Waals surface area contributed by atoms with Gasteiger partial charge in [0.05, 0.1) is 13.2 Å². The van der Waals surface area contributed by atoms with Crippen LogP contribution in [0, 0.1) is 5.92 Å². The van der Waals surface area contributed by atoms with Crippen LogP contribution in [0.15, 0.2) is 5.38 Å². The number of ether oxygens (including phenoxy) is 3. The van der Waals surface area contributed by atoms with Crippen LogP contribution in [0.2, 0.25) is 0 Å². The van der Waals surface area contributed by atoms with Crippen LogP contribution in [0.25, 0.3) is 0 Å². The van der Waals surface area contributed by atoms with Crippen molar-refractivity contribution in [3.05, 3.63) is 16.1 Å². The molecule has 0 fully saturated rings. The summed E-state index contributed by atoms with van der Waals surface area (Å²) in [5.74, 6) is -0.113. The SMILES string of the molecule is CCOC(=O)c1csc([C@@H](COCC(C)C)NC(=O)OC(C)(C)C)n1. The minimum absolute atomic E-state index is 0.224. The first-order valence-corrected chi connectivity index (χ1v) is 9.20. The molecule has 142 valence electrons. The third-order valence-electron chi connectivity index (χ3n) is 2.73. The van der Waals surface area contributed by atoms with Gasteiger partial charge < -0.3 is 19.5 Å². The van der Waals surface area contributed by atoms with Gasteiger partial charge in [-0.25, -0.2) is 14.6 Å². The molecular formula is C17H28N2O5S. The number of thiazole rings is 1. The summed E-state index contributed by atoms with van der Waals surface area (Å²) in [5, 5.41) is 4.94. The molecule has 0 saturated heterocycles. The fourth-order valence-corrected chi connectivity index (χ4v) is 2.62. The van der Waals surface area contributed by atoms with E-state index in [1.54, 1.807) is 33.1 Å². The maximum Gasteiger partial charge on any atom is 0.408 e. The molecule has 0 aliphatic carbocycles. The van der Waals surface area contributed by atoms with Crippen molar-refractivity contribution in [1.82, 2.24) is 10.3 Å². The molecule has 1 heterocycles. The van der Waals surface area contributed by atoms with Gasteiger partial charge in [0.15, 0.2) is 5.69 Å². The van der Waals surface area contributed by atoms with E-state index >= 15 is 0 Å². The van der Waals surface area contributed by atoms with E-state index in [4.69, 9.17) is 14.2 Å². The van der Waals surface area contributed by atoms with Crippen LogP contribution < -0.4 is 5.32 Å². The van der Waals surface area contributed by atoms with Crippen LogP contribution in [-0.4, -0.2) is 42.5 Å². The molecule has 0 radical (unpaired) electrons. The summed E-state index contributed by atoms with van der Waals surface area (Å²) in [6.45, 7) is 12.3. The van der Waals surface area contributed by atoms with Gasteiger partial charge in [-0.3, -0.25) is 0 Å². The number of nitrogens with one attached hydrogen (secondary N) is 1. The number of rotatable bonds is 8. The van der Waals surface area contributed by atoms with Gasteiger partial charge in [0.2, 0.25) is 0 Å². The molecule has 1 N–H and O–H groups in total. The average molecular weight is 372 g/mol. The highest BCUT2D eigenvalue weighted by atomic mass is 32.1. The quantitative estimate of drug-likeness (QED) is 0.702. The molecule has 0 spiro atoms. The predicted molar refractivity (Wildman–Crippen MR) is 95.8 cm³/mol. The second-order valence-electron chi connectivity index (χ2n) is 6.92. The molecule has 0 bridgehead atoms. The monoisotopic (exact) mass is 372 g/mol. The fourth-order valence-electron chi connectivity index (χ4n) is 1.79. The van der Waals surface area contributed by atoms with Crippen molar-refractivity contribution in [2.75, 3.05) is 19.8 Å². The molecule has 1 aromatic heterocycles. The second-order valence-corrected chi connectivity index (χ2v) is 7.81. The highest BCUT2D eigenvalue weighted by molar-refractivity contribution is 7.09. The summed E-state index contributed by atoms with van der Waals surface area (Å²) in [6, 6.07) is -0.498. The van der Waals surface area contributed by atoms with Crippen LogP contribution in [0.1, 0.15) is 63.1 Å². The lowest BCUT2D eigenvalue weighted by Crippen LogP contribution is -2.36. The summed E-state index contributed by atoms with van der Waals surface area (Å²) in [5.41, 5.74) is -0.381. The van der Waals surface area contributed by atoms with Crippen molar-refractivity contribution in [1.29, 1.82) is 0 Å². The number of aromatic nitrogens is 1. The molecule has 0 unspecified atom stereocenters. The number of hydrogen-bond donors (Lipinski definition) is 1. The van der Waals surface area contributed by atoms with Crippen LogP contribution in [0.5, 0.6) is 0 Å². The molecule has 1 atom stereocenters. The summed E-state index contributed by atoms with van der Waals surface area (Å²) in [7, 11) is 0. The Labute approximate surface area is 153 Å². The standard InChI is InChI=1S/C17H28N2O5S/c1-7-23-15(20)13-10-25-14(18-13)12(9-22-8-11(2)3)19-16(21)24-17(4,5)6/h10-12H,7-9H2,1-6H3,(H,19,21)/t12-/m1/s1. The number of carbonyl (C=O) groups excluding carboxylic acids is 2. The molecule has 1 rings (SSSR count). The lowest BCUT2D eigenvalue weighted by atomic mass is 10.2. The first-order valence-electron chi connectivity index (χ1n) is 8.32. The van der Waals surface area contributed by atoms with Gasteiger partial charge in [0.1, 0.15) is 16.7 Å². The maximum absolute atomic E-state index is 12.1. The van der Waals surface area contributed by atoms with E-state index in [2.05, 4.69) is 10.3 Å². The molecule has 0 aliphatic rings. The van der Waals surface area contributed by atoms with Crippen molar-refractivity contribution in [3.63, 3.8) is 0 Å². The summed E-state index contributed by atoms with van der Waals surface area (Å²) < 4.78 is 15.9. The van der Waals surface area contributed by atoms with E-state index < -0.39 is 23.7 Å².